The molecule has 2 nitrogen and oxygen atoms in total. The zero-order valence-electron chi connectivity index (χ0n) is 12.1. The first-order valence-electron chi connectivity index (χ1n) is 6.57. The standard InChI is InChI=1S/C15H15F4NO/c1-6(2)8-5-20-15(21-8)10-9(7(3)4)11(16)13(18)14(19)12(10)17/h5-7H,1-4H3. The second-order valence-corrected chi connectivity index (χ2v) is 5.42. The highest BCUT2D eigenvalue weighted by Gasteiger charge is 2.30. The first-order valence-corrected chi connectivity index (χ1v) is 6.57. The van der Waals surface area contributed by atoms with E-state index in [2.05, 4.69) is 4.98 Å². The van der Waals surface area contributed by atoms with Crippen molar-refractivity contribution in [2.75, 3.05) is 0 Å². The van der Waals surface area contributed by atoms with E-state index in [1.165, 1.54) is 6.20 Å². The van der Waals surface area contributed by atoms with Gasteiger partial charge in [-0.05, 0) is 5.92 Å². The van der Waals surface area contributed by atoms with Crippen LogP contribution in [0.25, 0.3) is 11.5 Å². The van der Waals surface area contributed by atoms with E-state index < -0.39 is 34.8 Å². The van der Waals surface area contributed by atoms with Crippen LogP contribution in [0.3, 0.4) is 0 Å². The summed E-state index contributed by atoms with van der Waals surface area (Å²) >= 11 is 0. The molecule has 0 amide bonds. The number of hydrogen-bond donors (Lipinski definition) is 0. The molecule has 1 aromatic heterocycles. The minimum absolute atomic E-state index is 0.0213. The Kier molecular flexibility index (Phi) is 4.07. The molecule has 0 unspecified atom stereocenters. The zero-order chi connectivity index (χ0) is 15.9. The Bertz CT molecular complexity index is 677. The van der Waals surface area contributed by atoms with Crippen molar-refractivity contribution < 1.29 is 22.0 Å². The largest absolute Gasteiger partial charge is 0.441 e. The maximum atomic E-state index is 14.1. The number of halogens is 4. The Morgan fingerprint density at radius 2 is 1.43 bits per heavy atom. The third-order valence-corrected chi connectivity index (χ3v) is 3.19. The number of rotatable bonds is 3. The summed E-state index contributed by atoms with van der Waals surface area (Å²) in [6.07, 6.45) is 1.36. The summed E-state index contributed by atoms with van der Waals surface area (Å²) in [4.78, 5) is 3.86. The average molecular weight is 301 g/mol. The van der Waals surface area contributed by atoms with Crippen molar-refractivity contribution in [1.82, 2.24) is 4.98 Å². The number of nitrogens with zero attached hydrogens (tertiary/aromatic N) is 1. The van der Waals surface area contributed by atoms with E-state index in [0.717, 1.165) is 0 Å². The first-order chi connectivity index (χ1) is 9.75. The van der Waals surface area contributed by atoms with Gasteiger partial charge in [0.15, 0.2) is 23.3 Å². The molecule has 1 aromatic carbocycles. The van der Waals surface area contributed by atoms with Crippen LogP contribution in [0.4, 0.5) is 17.6 Å². The molecule has 0 bridgehead atoms. The van der Waals surface area contributed by atoms with E-state index in [1.54, 1.807) is 13.8 Å². The van der Waals surface area contributed by atoms with Crippen molar-refractivity contribution in [3.63, 3.8) is 0 Å². The van der Waals surface area contributed by atoms with E-state index in [1.807, 2.05) is 13.8 Å². The monoisotopic (exact) mass is 301 g/mol. The molecular formula is C15H15F4NO. The van der Waals surface area contributed by atoms with Crippen LogP contribution in [0.5, 0.6) is 0 Å². The van der Waals surface area contributed by atoms with Gasteiger partial charge in [0, 0.05) is 11.5 Å². The molecule has 2 rings (SSSR count). The highest BCUT2D eigenvalue weighted by Crippen LogP contribution is 2.37. The van der Waals surface area contributed by atoms with Crippen LogP contribution in [0, 0.1) is 23.3 Å². The van der Waals surface area contributed by atoms with Crippen LogP contribution in [-0.2, 0) is 0 Å². The van der Waals surface area contributed by atoms with Gasteiger partial charge in [-0.2, -0.15) is 0 Å². The van der Waals surface area contributed by atoms with Crippen molar-refractivity contribution in [2.24, 2.45) is 0 Å². The minimum atomic E-state index is -1.86. The average Bonchev–Trinajstić information content (AvgIpc) is 2.89. The van der Waals surface area contributed by atoms with Gasteiger partial charge in [-0.3, -0.25) is 0 Å². The van der Waals surface area contributed by atoms with Gasteiger partial charge in [-0.1, -0.05) is 27.7 Å². The predicted octanol–water partition coefficient (Wildman–Crippen LogP) is 5.14. The molecule has 0 aliphatic carbocycles. The molecule has 0 radical (unpaired) electrons. The summed E-state index contributed by atoms with van der Waals surface area (Å²) in [7, 11) is 0. The van der Waals surface area contributed by atoms with Gasteiger partial charge < -0.3 is 4.42 Å². The second kappa shape index (κ2) is 5.50. The molecule has 0 aliphatic rings. The molecule has 0 N–H and O–H groups in total. The van der Waals surface area contributed by atoms with Gasteiger partial charge in [0.1, 0.15) is 5.76 Å². The highest BCUT2D eigenvalue weighted by molar-refractivity contribution is 5.61. The van der Waals surface area contributed by atoms with Crippen molar-refractivity contribution in [1.29, 1.82) is 0 Å². The zero-order valence-corrected chi connectivity index (χ0v) is 12.1. The smallest absolute Gasteiger partial charge is 0.229 e. The van der Waals surface area contributed by atoms with Gasteiger partial charge in [0.2, 0.25) is 5.89 Å². The maximum Gasteiger partial charge on any atom is 0.229 e. The third kappa shape index (κ3) is 2.54. The molecule has 2 aromatic rings. The maximum absolute atomic E-state index is 14.1. The summed E-state index contributed by atoms with van der Waals surface area (Å²) in [6, 6.07) is 0. The molecular weight excluding hydrogens is 286 g/mol. The number of benzene rings is 1. The van der Waals surface area contributed by atoms with Crippen LogP contribution in [0.1, 0.15) is 50.9 Å². The third-order valence-electron chi connectivity index (χ3n) is 3.19. The van der Waals surface area contributed by atoms with Crippen LogP contribution in [-0.4, -0.2) is 4.98 Å². The molecule has 0 aliphatic heterocycles. The van der Waals surface area contributed by atoms with Crippen molar-refractivity contribution in [3.05, 3.63) is 40.8 Å². The molecule has 0 saturated carbocycles. The number of aromatic nitrogens is 1. The fourth-order valence-electron chi connectivity index (χ4n) is 2.07. The summed E-state index contributed by atoms with van der Waals surface area (Å²) in [5.41, 5.74) is -0.753. The van der Waals surface area contributed by atoms with E-state index in [0.29, 0.717) is 5.76 Å². The Morgan fingerprint density at radius 1 is 0.857 bits per heavy atom. The normalized spacial score (nSPS) is 11.7. The Balaban J connectivity index is 2.77. The fraction of sp³-hybridized carbons (Fsp3) is 0.400. The van der Waals surface area contributed by atoms with E-state index in [9.17, 15) is 17.6 Å². The van der Waals surface area contributed by atoms with Gasteiger partial charge in [0.25, 0.3) is 0 Å². The van der Waals surface area contributed by atoms with Crippen molar-refractivity contribution in [2.45, 2.75) is 39.5 Å². The van der Waals surface area contributed by atoms with Crippen molar-refractivity contribution >= 4 is 0 Å². The van der Waals surface area contributed by atoms with Gasteiger partial charge >= 0.3 is 0 Å². The topological polar surface area (TPSA) is 26.0 Å². The SMILES string of the molecule is CC(C)c1cnc(-c2c(F)c(F)c(F)c(F)c2C(C)C)o1. The second-order valence-electron chi connectivity index (χ2n) is 5.42. The molecule has 0 spiro atoms. The van der Waals surface area contributed by atoms with Gasteiger partial charge in [0.05, 0.1) is 11.8 Å². The molecule has 0 fully saturated rings. The van der Waals surface area contributed by atoms with Crippen LogP contribution < -0.4 is 0 Å². The quantitative estimate of drug-likeness (QED) is 0.445. The van der Waals surface area contributed by atoms with E-state index in [-0.39, 0.29) is 17.4 Å². The van der Waals surface area contributed by atoms with Gasteiger partial charge in [-0.25, -0.2) is 22.5 Å². The van der Waals surface area contributed by atoms with E-state index >= 15 is 0 Å². The molecule has 0 atom stereocenters. The van der Waals surface area contributed by atoms with Crippen LogP contribution in [0.2, 0.25) is 0 Å². The van der Waals surface area contributed by atoms with Crippen LogP contribution in [0.15, 0.2) is 10.6 Å². The lowest BCUT2D eigenvalue weighted by Gasteiger charge is -2.14. The lowest BCUT2D eigenvalue weighted by molar-refractivity contribution is 0.400. The number of hydrogen-bond acceptors (Lipinski definition) is 2. The van der Waals surface area contributed by atoms with Gasteiger partial charge in [-0.15, -0.1) is 0 Å². The molecule has 0 saturated heterocycles. The summed E-state index contributed by atoms with van der Waals surface area (Å²) in [5, 5.41) is 0. The molecule has 1 heterocycles. The van der Waals surface area contributed by atoms with E-state index in [4.69, 9.17) is 4.42 Å². The lowest BCUT2D eigenvalue weighted by Crippen LogP contribution is -2.07. The minimum Gasteiger partial charge on any atom is -0.441 e. The summed E-state index contributed by atoms with van der Waals surface area (Å²) in [5.74, 6) is -6.99. The summed E-state index contributed by atoms with van der Waals surface area (Å²) in [6.45, 7) is 6.75. The molecule has 114 valence electrons. The van der Waals surface area contributed by atoms with Crippen molar-refractivity contribution in [3.8, 4) is 11.5 Å². The highest BCUT2D eigenvalue weighted by atomic mass is 19.2. The molecule has 21 heavy (non-hydrogen) atoms. The number of oxazole rings is 1. The fourth-order valence-corrected chi connectivity index (χ4v) is 2.07. The Hall–Kier alpha value is -1.85. The lowest BCUT2D eigenvalue weighted by atomic mass is 9.95. The molecule has 6 heteroatoms. The first kappa shape index (κ1) is 15.5. The Morgan fingerprint density at radius 3 is 1.90 bits per heavy atom. The summed E-state index contributed by atoms with van der Waals surface area (Å²) < 4.78 is 60.3. The predicted molar refractivity (Wildman–Crippen MR) is 69.9 cm³/mol. The Labute approximate surface area is 119 Å². The van der Waals surface area contributed by atoms with Crippen LogP contribution >= 0.6 is 0 Å².